The molecule has 2 unspecified atom stereocenters. The Kier molecular flexibility index (Phi) is 6.77. The Morgan fingerprint density at radius 1 is 0.971 bits per heavy atom. The maximum Gasteiger partial charge on any atom is 0.265 e. The normalized spacial score (nSPS) is 18.6. The number of imide groups is 1. The van der Waals surface area contributed by atoms with Crippen LogP contribution in [0.4, 0.5) is 5.69 Å². The van der Waals surface area contributed by atoms with Gasteiger partial charge in [-0.3, -0.25) is 19.7 Å². The minimum Gasteiger partial charge on any atom is -0.481 e. The highest BCUT2D eigenvalue weighted by Crippen LogP contribution is 2.36. The molecule has 3 aromatic rings. The predicted molar refractivity (Wildman–Crippen MR) is 131 cm³/mol. The lowest BCUT2D eigenvalue weighted by molar-refractivity contribution is -0.138. The van der Waals surface area contributed by atoms with E-state index < -0.39 is 11.5 Å². The van der Waals surface area contributed by atoms with Crippen LogP contribution < -0.4 is 15.4 Å². The third-order valence-corrected chi connectivity index (χ3v) is 6.42. The molecule has 1 aliphatic rings. The Morgan fingerprint density at radius 2 is 1.62 bits per heavy atom. The number of piperidine rings is 1. The molecule has 6 heteroatoms. The lowest BCUT2D eigenvalue weighted by Crippen LogP contribution is -2.51. The first-order valence-corrected chi connectivity index (χ1v) is 11.5. The van der Waals surface area contributed by atoms with Crippen LogP contribution in [-0.2, 0) is 19.8 Å². The van der Waals surface area contributed by atoms with Crippen molar-refractivity contribution < 1.29 is 19.1 Å². The summed E-state index contributed by atoms with van der Waals surface area (Å²) in [6.45, 7) is 3.64. The number of rotatable bonds is 7. The largest absolute Gasteiger partial charge is 0.481 e. The molecule has 2 N–H and O–H groups in total. The molecular formula is C28H28N2O4. The van der Waals surface area contributed by atoms with Crippen LogP contribution in [0.3, 0.4) is 0 Å². The minimum atomic E-state index is -0.723. The zero-order valence-corrected chi connectivity index (χ0v) is 19.3. The van der Waals surface area contributed by atoms with Gasteiger partial charge in [0.05, 0.1) is 5.41 Å². The van der Waals surface area contributed by atoms with Crippen molar-refractivity contribution in [2.45, 2.75) is 44.6 Å². The summed E-state index contributed by atoms with van der Waals surface area (Å²) in [5.41, 5.74) is 2.91. The standard InChI is InChI=1S/C28H28N2O4/c1-3-28(18-17-25(31)30-27(28)33)22-11-13-23(14-12-22)29-26(32)19(2)34-24-15-9-21(10-16-24)20-7-5-4-6-8-20/h4-16,19H,3,17-18H2,1-2H3,(H,29,32)(H,30,31,33). The van der Waals surface area contributed by atoms with Crippen LogP contribution in [0.15, 0.2) is 78.9 Å². The fraction of sp³-hybridized carbons (Fsp3) is 0.250. The van der Waals surface area contributed by atoms with Gasteiger partial charge in [-0.05, 0) is 60.7 Å². The van der Waals surface area contributed by atoms with E-state index in [1.54, 1.807) is 19.1 Å². The van der Waals surface area contributed by atoms with Crippen molar-refractivity contribution in [3.8, 4) is 16.9 Å². The van der Waals surface area contributed by atoms with Gasteiger partial charge < -0.3 is 10.1 Å². The number of benzene rings is 3. The number of anilines is 1. The van der Waals surface area contributed by atoms with Crippen molar-refractivity contribution in [1.82, 2.24) is 5.32 Å². The molecule has 3 amide bonds. The first-order valence-electron chi connectivity index (χ1n) is 11.5. The monoisotopic (exact) mass is 456 g/mol. The number of hydrogen-bond acceptors (Lipinski definition) is 4. The first kappa shape index (κ1) is 23.2. The second kappa shape index (κ2) is 9.91. The Hall–Kier alpha value is -3.93. The lowest BCUT2D eigenvalue weighted by Gasteiger charge is -2.35. The Morgan fingerprint density at radius 3 is 2.24 bits per heavy atom. The molecule has 0 aliphatic carbocycles. The molecule has 0 spiro atoms. The van der Waals surface area contributed by atoms with E-state index in [0.717, 1.165) is 16.7 Å². The van der Waals surface area contributed by atoms with Gasteiger partial charge in [0, 0.05) is 12.1 Å². The molecule has 3 aromatic carbocycles. The molecule has 1 heterocycles. The summed E-state index contributed by atoms with van der Waals surface area (Å²) in [6.07, 6.45) is 0.693. The topological polar surface area (TPSA) is 84.5 Å². The predicted octanol–water partition coefficient (Wildman–Crippen LogP) is 4.84. The summed E-state index contributed by atoms with van der Waals surface area (Å²) in [6, 6.07) is 24.9. The smallest absolute Gasteiger partial charge is 0.265 e. The molecule has 174 valence electrons. The molecule has 1 saturated heterocycles. The number of ether oxygens (including phenoxy) is 1. The number of amides is 3. The Bertz CT molecular complexity index is 1170. The van der Waals surface area contributed by atoms with Crippen molar-refractivity contribution in [2.75, 3.05) is 5.32 Å². The molecular weight excluding hydrogens is 428 g/mol. The van der Waals surface area contributed by atoms with Crippen LogP contribution in [-0.4, -0.2) is 23.8 Å². The average Bonchev–Trinajstić information content (AvgIpc) is 2.86. The van der Waals surface area contributed by atoms with Gasteiger partial charge in [-0.15, -0.1) is 0 Å². The third-order valence-electron chi connectivity index (χ3n) is 6.42. The second-order valence-corrected chi connectivity index (χ2v) is 8.53. The van der Waals surface area contributed by atoms with Crippen LogP contribution in [0.25, 0.3) is 11.1 Å². The lowest BCUT2D eigenvalue weighted by atomic mass is 9.72. The van der Waals surface area contributed by atoms with E-state index in [-0.39, 0.29) is 17.7 Å². The molecule has 6 nitrogen and oxygen atoms in total. The van der Waals surface area contributed by atoms with Gasteiger partial charge in [-0.25, -0.2) is 0 Å². The van der Waals surface area contributed by atoms with Crippen molar-refractivity contribution in [2.24, 2.45) is 0 Å². The Balaban J connectivity index is 1.38. The third kappa shape index (κ3) is 4.86. The van der Waals surface area contributed by atoms with Crippen molar-refractivity contribution in [3.05, 3.63) is 84.4 Å². The maximum atomic E-state index is 12.7. The fourth-order valence-electron chi connectivity index (χ4n) is 4.30. The highest BCUT2D eigenvalue weighted by molar-refractivity contribution is 6.03. The zero-order chi connectivity index (χ0) is 24.1. The number of carbonyl (C=O) groups excluding carboxylic acids is 3. The Labute approximate surface area is 199 Å². The van der Waals surface area contributed by atoms with Gasteiger partial charge in [0.2, 0.25) is 11.8 Å². The first-order chi connectivity index (χ1) is 16.4. The highest BCUT2D eigenvalue weighted by atomic mass is 16.5. The van der Waals surface area contributed by atoms with E-state index in [2.05, 4.69) is 10.6 Å². The summed E-state index contributed by atoms with van der Waals surface area (Å²) < 4.78 is 5.82. The van der Waals surface area contributed by atoms with E-state index in [1.165, 1.54) is 0 Å². The maximum absolute atomic E-state index is 12.7. The molecule has 0 radical (unpaired) electrons. The molecule has 1 aliphatic heterocycles. The molecule has 4 rings (SSSR count). The van der Waals surface area contributed by atoms with Crippen molar-refractivity contribution in [1.29, 1.82) is 0 Å². The average molecular weight is 457 g/mol. The van der Waals surface area contributed by atoms with E-state index in [4.69, 9.17) is 4.74 Å². The van der Waals surface area contributed by atoms with Crippen LogP contribution in [0.5, 0.6) is 5.75 Å². The van der Waals surface area contributed by atoms with Crippen LogP contribution >= 0.6 is 0 Å². The second-order valence-electron chi connectivity index (χ2n) is 8.53. The van der Waals surface area contributed by atoms with Gasteiger partial charge in [0.25, 0.3) is 5.91 Å². The molecule has 0 bridgehead atoms. The summed E-state index contributed by atoms with van der Waals surface area (Å²) in [4.78, 5) is 36.8. The number of carbonyl (C=O) groups is 3. The zero-order valence-electron chi connectivity index (χ0n) is 19.3. The minimum absolute atomic E-state index is 0.235. The van der Waals surface area contributed by atoms with Gasteiger partial charge in [-0.2, -0.15) is 0 Å². The van der Waals surface area contributed by atoms with Crippen LogP contribution in [0.2, 0.25) is 0 Å². The molecule has 0 aromatic heterocycles. The van der Waals surface area contributed by atoms with Crippen molar-refractivity contribution in [3.63, 3.8) is 0 Å². The van der Waals surface area contributed by atoms with Gasteiger partial charge in [0.15, 0.2) is 6.10 Å². The summed E-state index contributed by atoms with van der Waals surface area (Å²) >= 11 is 0. The van der Waals surface area contributed by atoms with Gasteiger partial charge in [-0.1, -0.05) is 61.5 Å². The van der Waals surface area contributed by atoms with Gasteiger partial charge >= 0.3 is 0 Å². The fourth-order valence-corrected chi connectivity index (χ4v) is 4.30. The van der Waals surface area contributed by atoms with E-state index >= 15 is 0 Å². The van der Waals surface area contributed by atoms with Gasteiger partial charge in [0.1, 0.15) is 5.75 Å². The summed E-state index contributed by atoms with van der Waals surface area (Å²) in [5.74, 6) is -0.156. The summed E-state index contributed by atoms with van der Waals surface area (Å²) in [7, 11) is 0. The molecule has 2 atom stereocenters. The van der Waals surface area contributed by atoms with Crippen molar-refractivity contribution >= 4 is 23.4 Å². The SMILES string of the molecule is CCC1(c2ccc(NC(=O)C(C)Oc3ccc(-c4ccccc4)cc3)cc2)CCC(=O)NC1=O. The molecule has 0 saturated carbocycles. The summed E-state index contributed by atoms with van der Waals surface area (Å²) in [5, 5.41) is 5.31. The van der Waals surface area contributed by atoms with E-state index in [9.17, 15) is 14.4 Å². The van der Waals surface area contributed by atoms with E-state index in [1.807, 2.05) is 73.7 Å². The van der Waals surface area contributed by atoms with E-state index in [0.29, 0.717) is 30.7 Å². The quantitative estimate of drug-likeness (QED) is 0.498. The number of hydrogen-bond donors (Lipinski definition) is 2. The highest BCUT2D eigenvalue weighted by Gasteiger charge is 2.42. The van der Waals surface area contributed by atoms with Crippen LogP contribution in [0, 0.1) is 0 Å². The number of nitrogens with one attached hydrogen (secondary N) is 2. The molecule has 34 heavy (non-hydrogen) atoms. The van der Waals surface area contributed by atoms with Crippen LogP contribution in [0.1, 0.15) is 38.7 Å². The molecule has 1 fully saturated rings.